The van der Waals surface area contributed by atoms with Gasteiger partial charge in [-0.25, -0.2) is 9.59 Å². The molecule has 1 aromatic carbocycles. The minimum absolute atomic E-state index is 0.0201. The number of hydrogen-bond donors (Lipinski definition) is 7. The first-order chi connectivity index (χ1) is 35.6. The molecule has 12 atom stereocenters. The molecule has 7 amide bonds. The largest absolute Gasteiger partial charge is 0.509 e. The topological polar surface area (TPSA) is 288 Å². The first-order valence-electron chi connectivity index (χ1n) is 26.4. The molecule has 7 N–H and O–H groups in total. The van der Waals surface area contributed by atoms with Gasteiger partial charge in [0.1, 0.15) is 18.7 Å². The van der Waals surface area contributed by atoms with Crippen molar-refractivity contribution in [2.24, 2.45) is 40.2 Å². The molecule has 75 heavy (non-hydrogen) atoms. The van der Waals surface area contributed by atoms with E-state index in [4.69, 9.17) is 24.7 Å². The van der Waals surface area contributed by atoms with Crippen LogP contribution in [0.25, 0.3) is 0 Å². The Hall–Kier alpha value is -5.64. The molecule has 0 bridgehead atoms. The van der Waals surface area contributed by atoms with E-state index in [0.717, 1.165) is 18.4 Å². The fourth-order valence-corrected chi connectivity index (χ4v) is 13.1. The molecule has 3 unspecified atom stereocenters. The average molecular weight is 1060 g/mol. The van der Waals surface area contributed by atoms with Crippen LogP contribution in [0.1, 0.15) is 124 Å². The number of carbonyl (C=O) groups excluding carboxylic acids is 9. The van der Waals surface area contributed by atoms with Crippen LogP contribution in [0.4, 0.5) is 15.3 Å². The number of Topliss-reactive ketones (excluding diaryl/α,β-unsaturated/α-hetero) is 1. The minimum atomic E-state index is -1.48. The standard InChI is InChI=1S/C54H74N6O14S/c1-6-11-44-73-41-25-36-35-19-16-32-24-34(61)20-21-52(32,4)45(35)38(62)27-53(36,5)54(41,74-44)40(63)29-72-51(70)71-28-31-14-17-33(18-15-31)57-47(66)37(12-10-22-56-50(55)69)58-48(67)46(30(2)3)59-42(64)13-8-7-9-23-60-43(65)26-39(75)49(60)68/h14-15,17-18,20-21,24,30,35-39,41,44-46,62,75H,6-13,16,19,22-23,25-29H2,1-5H3,(H,57,66)(H,58,67)(H,59,64)(H3,55,56,69)/t35-,36-,37-,38-,39?,41+,44?,45+,46?,52-,53-,54+/m0/s1. The second-order valence-corrected chi connectivity index (χ2v) is 22.4. The lowest BCUT2D eigenvalue weighted by atomic mass is 9.46. The van der Waals surface area contributed by atoms with Crippen molar-refractivity contribution in [1.29, 1.82) is 0 Å². The summed E-state index contributed by atoms with van der Waals surface area (Å²) >= 11 is 4.14. The zero-order valence-electron chi connectivity index (χ0n) is 43.6. The van der Waals surface area contributed by atoms with Gasteiger partial charge in [-0.15, -0.1) is 0 Å². The molecule has 21 heteroatoms. The molecule has 2 heterocycles. The van der Waals surface area contributed by atoms with Crippen molar-refractivity contribution in [2.75, 3.05) is 25.0 Å². The Morgan fingerprint density at radius 3 is 2.41 bits per heavy atom. The summed E-state index contributed by atoms with van der Waals surface area (Å²) in [4.78, 5) is 117. The summed E-state index contributed by atoms with van der Waals surface area (Å²) in [5.74, 6) is -3.18. The van der Waals surface area contributed by atoms with Crippen molar-refractivity contribution in [3.63, 3.8) is 0 Å². The molecule has 3 saturated carbocycles. The van der Waals surface area contributed by atoms with E-state index in [2.05, 4.69) is 40.8 Å². The summed E-state index contributed by atoms with van der Waals surface area (Å²) in [6, 6.07) is 3.55. The van der Waals surface area contributed by atoms with Gasteiger partial charge in [-0.2, -0.15) is 12.6 Å². The van der Waals surface area contributed by atoms with E-state index in [1.807, 2.05) is 19.9 Å². The number of benzene rings is 1. The first-order valence-corrected chi connectivity index (χ1v) is 27.0. The number of thiol groups is 1. The molecule has 5 fully saturated rings. The number of urea groups is 1. The van der Waals surface area contributed by atoms with Gasteiger partial charge in [0, 0.05) is 48.4 Å². The number of ketones is 2. The Morgan fingerprint density at radius 2 is 1.73 bits per heavy atom. The quantitative estimate of drug-likeness (QED) is 0.0338. The predicted molar refractivity (Wildman–Crippen MR) is 275 cm³/mol. The van der Waals surface area contributed by atoms with Crippen molar-refractivity contribution < 1.29 is 67.2 Å². The Morgan fingerprint density at radius 1 is 0.987 bits per heavy atom. The molecule has 0 aromatic heterocycles. The van der Waals surface area contributed by atoms with Gasteiger partial charge in [-0.05, 0) is 105 Å². The first kappa shape index (κ1) is 57.1. The molecule has 20 nitrogen and oxygen atoms in total. The number of allylic oxidation sites excluding steroid dienone is 4. The molecule has 0 spiro atoms. The SMILES string of the molecule is CCCC1O[C@@H]2C[C@H]3[C@@H]4CCC5=CC(=O)C=C[C@]5(C)[C@H]4[C@@H](O)C[C@]3(C)[C@]2(C(=O)COC(=O)OCc2ccc(NC(=O)[C@H](CCCNC(N)=O)NC(=O)C(NC(=O)CCCCCN3C(=O)CC(S)C3=O)C(C)C)cc2)O1. The van der Waals surface area contributed by atoms with E-state index in [1.165, 1.54) is 4.90 Å². The Kier molecular flexibility index (Phi) is 18.4. The van der Waals surface area contributed by atoms with Gasteiger partial charge in [0.25, 0.3) is 0 Å². The molecule has 4 aliphatic carbocycles. The number of likely N-dealkylation sites (tertiary alicyclic amines) is 1. The van der Waals surface area contributed by atoms with Gasteiger partial charge in [-0.3, -0.25) is 38.5 Å². The number of unbranched alkanes of at least 4 members (excludes halogenated alkanes) is 2. The average Bonchev–Trinajstić information content (AvgIpc) is 3.94. The zero-order chi connectivity index (χ0) is 54.4. The van der Waals surface area contributed by atoms with Gasteiger partial charge in [0.15, 0.2) is 24.3 Å². The number of nitrogens with two attached hydrogens (primary N) is 1. The Labute approximate surface area is 443 Å². The van der Waals surface area contributed by atoms with Crippen LogP contribution in [0.5, 0.6) is 0 Å². The summed E-state index contributed by atoms with van der Waals surface area (Å²) in [6.45, 7) is 9.10. The molecule has 7 rings (SSSR count). The normalized spacial score (nSPS) is 30.3. The Bertz CT molecular complexity index is 2430. The number of primary amides is 1. The number of ether oxygens (including phenoxy) is 4. The third-order valence-electron chi connectivity index (χ3n) is 16.5. The highest BCUT2D eigenvalue weighted by molar-refractivity contribution is 7.81. The Balaban J connectivity index is 0.911. The van der Waals surface area contributed by atoms with Gasteiger partial charge < -0.3 is 51.1 Å². The van der Waals surface area contributed by atoms with Gasteiger partial charge >= 0.3 is 12.2 Å². The van der Waals surface area contributed by atoms with Gasteiger partial charge in [-0.1, -0.05) is 71.2 Å². The molecule has 6 aliphatic rings. The molecule has 0 radical (unpaired) electrons. The number of fused-ring (bicyclic) bond motifs is 7. The second-order valence-electron chi connectivity index (χ2n) is 21.8. The number of rotatable bonds is 23. The van der Waals surface area contributed by atoms with E-state index in [0.29, 0.717) is 49.8 Å². The maximum absolute atomic E-state index is 14.6. The summed E-state index contributed by atoms with van der Waals surface area (Å²) < 4.78 is 24.0. The molecule has 2 saturated heterocycles. The number of hydrogen-bond acceptors (Lipinski definition) is 15. The number of imide groups is 1. The van der Waals surface area contributed by atoms with Crippen LogP contribution in [0.15, 0.2) is 48.1 Å². The smallest absolute Gasteiger partial charge is 0.429 e. The van der Waals surface area contributed by atoms with E-state index in [1.54, 1.807) is 50.3 Å². The van der Waals surface area contributed by atoms with Gasteiger partial charge in [0.2, 0.25) is 35.3 Å². The highest BCUT2D eigenvalue weighted by Gasteiger charge is 2.76. The highest BCUT2D eigenvalue weighted by atomic mass is 32.1. The molecule has 2 aliphatic heterocycles. The lowest BCUT2D eigenvalue weighted by Gasteiger charge is -2.59. The lowest BCUT2D eigenvalue weighted by molar-refractivity contribution is -0.200. The number of aliphatic hydroxyl groups excluding tert-OH is 1. The number of nitrogens with one attached hydrogen (secondary N) is 4. The van der Waals surface area contributed by atoms with E-state index in [-0.39, 0.29) is 99.0 Å². The fourth-order valence-electron chi connectivity index (χ4n) is 12.8. The fraction of sp³-hybridized carbons (Fsp3) is 0.648. The number of amides is 7. The zero-order valence-corrected chi connectivity index (χ0v) is 44.5. The molecular weight excluding hydrogens is 989 g/mol. The van der Waals surface area contributed by atoms with Crippen LogP contribution < -0.4 is 27.0 Å². The van der Waals surface area contributed by atoms with Crippen LogP contribution in [-0.2, 0) is 59.1 Å². The predicted octanol–water partition coefficient (Wildman–Crippen LogP) is 4.71. The molecular formula is C54H74N6O14S. The minimum Gasteiger partial charge on any atom is -0.429 e. The van der Waals surface area contributed by atoms with Crippen molar-refractivity contribution in [2.45, 2.75) is 166 Å². The maximum Gasteiger partial charge on any atom is 0.509 e. The van der Waals surface area contributed by atoms with E-state index >= 15 is 0 Å². The van der Waals surface area contributed by atoms with Crippen LogP contribution in [0.3, 0.4) is 0 Å². The monoisotopic (exact) mass is 1060 g/mol. The van der Waals surface area contributed by atoms with Crippen molar-refractivity contribution in [3.05, 3.63) is 53.6 Å². The van der Waals surface area contributed by atoms with Crippen molar-refractivity contribution >= 4 is 71.6 Å². The number of carbonyl (C=O) groups is 9. The number of anilines is 1. The van der Waals surface area contributed by atoms with Crippen LogP contribution in [0.2, 0.25) is 0 Å². The van der Waals surface area contributed by atoms with Crippen LogP contribution in [-0.4, -0.2) is 124 Å². The lowest BCUT2D eigenvalue weighted by Crippen LogP contribution is -2.63. The summed E-state index contributed by atoms with van der Waals surface area (Å²) in [6.07, 6.45) is 7.72. The van der Waals surface area contributed by atoms with E-state index in [9.17, 15) is 48.3 Å². The van der Waals surface area contributed by atoms with Crippen molar-refractivity contribution in [3.8, 4) is 0 Å². The van der Waals surface area contributed by atoms with Gasteiger partial charge in [0.05, 0.1) is 17.5 Å². The maximum atomic E-state index is 14.6. The molecule has 1 aromatic rings. The summed E-state index contributed by atoms with van der Waals surface area (Å²) in [5, 5.41) is 22.2. The third-order valence-corrected chi connectivity index (χ3v) is 16.9. The highest BCUT2D eigenvalue weighted by Crippen LogP contribution is 2.69. The van der Waals surface area contributed by atoms with E-state index < -0.39 is 88.7 Å². The second kappa shape index (κ2) is 24.1. The van der Waals surface area contributed by atoms with Crippen LogP contribution >= 0.6 is 12.6 Å². The number of aliphatic hydroxyl groups is 1. The summed E-state index contributed by atoms with van der Waals surface area (Å²) in [5.41, 5.74) is 4.29. The molecule has 410 valence electrons. The van der Waals surface area contributed by atoms with Crippen LogP contribution in [0, 0.1) is 34.5 Å². The van der Waals surface area contributed by atoms with Crippen molar-refractivity contribution in [1.82, 2.24) is 20.9 Å². The third kappa shape index (κ3) is 12.3. The number of nitrogens with zero attached hydrogens (tertiary/aromatic N) is 1. The summed E-state index contributed by atoms with van der Waals surface area (Å²) in [7, 11) is 0.